The van der Waals surface area contributed by atoms with Gasteiger partial charge in [-0.2, -0.15) is 0 Å². The van der Waals surface area contributed by atoms with Crippen molar-refractivity contribution in [2.24, 2.45) is 0 Å². The van der Waals surface area contributed by atoms with Crippen LogP contribution in [-0.4, -0.2) is 23.7 Å². The van der Waals surface area contributed by atoms with Crippen molar-refractivity contribution in [3.05, 3.63) is 44.3 Å². The van der Waals surface area contributed by atoms with Crippen LogP contribution < -0.4 is 5.32 Å². The van der Waals surface area contributed by atoms with E-state index in [-0.39, 0.29) is 18.6 Å². The molecule has 5 heteroatoms. The number of aliphatic hydroxyl groups is 1. The predicted molar refractivity (Wildman–Crippen MR) is 87.9 cm³/mol. The second kappa shape index (κ2) is 7.99. The molecule has 2 aromatic heterocycles. The van der Waals surface area contributed by atoms with E-state index in [2.05, 4.69) is 23.2 Å². The van der Waals surface area contributed by atoms with E-state index in [1.807, 2.05) is 23.8 Å². The Labute approximate surface area is 132 Å². The summed E-state index contributed by atoms with van der Waals surface area (Å²) in [6, 6.07) is 5.99. The zero-order chi connectivity index (χ0) is 15.1. The Balaban J connectivity index is 1.90. The smallest absolute Gasteiger partial charge is 0.252 e. The molecule has 0 aliphatic rings. The Kier molecular flexibility index (Phi) is 6.00. The Morgan fingerprint density at radius 2 is 2.33 bits per heavy atom. The zero-order valence-corrected chi connectivity index (χ0v) is 13.4. The summed E-state index contributed by atoms with van der Waals surface area (Å²) in [6.45, 7) is 2.07. The van der Waals surface area contributed by atoms with Gasteiger partial charge in [-0.3, -0.25) is 4.79 Å². The van der Waals surface area contributed by atoms with Crippen LogP contribution in [0.25, 0.3) is 0 Å². The summed E-state index contributed by atoms with van der Waals surface area (Å²) in [4.78, 5) is 14.3. The van der Waals surface area contributed by atoms with Crippen LogP contribution >= 0.6 is 22.7 Å². The first-order chi connectivity index (χ1) is 10.2. The Bertz CT molecular complexity index is 635. The fourth-order valence-corrected chi connectivity index (χ4v) is 3.41. The first kappa shape index (κ1) is 15.8. The van der Waals surface area contributed by atoms with Crippen LogP contribution in [0.5, 0.6) is 0 Å². The van der Waals surface area contributed by atoms with Gasteiger partial charge in [-0.05, 0) is 24.4 Å². The minimum Gasteiger partial charge on any atom is -0.395 e. The maximum atomic E-state index is 12.1. The van der Waals surface area contributed by atoms with Crippen LogP contribution in [0.3, 0.4) is 0 Å². The van der Waals surface area contributed by atoms with Crippen molar-refractivity contribution in [3.8, 4) is 11.8 Å². The summed E-state index contributed by atoms with van der Waals surface area (Å²) >= 11 is 3.15. The second-order valence-electron chi connectivity index (χ2n) is 4.63. The maximum absolute atomic E-state index is 12.1. The van der Waals surface area contributed by atoms with Crippen LogP contribution in [0.4, 0.5) is 0 Å². The molecule has 0 radical (unpaired) electrons. The van der Waals surface area contributed by atoms with Gasteiger partial charge in [0.05, 0.1) is 17.0 Å². The van der Waals surface area contributed by atoms with Gasteiger partial charge < -0.3 is 10.4 Å². The maximum Gasteiger partial charge on any atom is 0.252 e. The average molecular weight is 319 g/mol. The number of thiophene rings is 2. The van der Waals surface area contributed by atoms with Gasteiger partial charge in [-0.15, -0.1) is 22.7 Å². The number of nitrogens with one attached hydrogen (secondary N) is 1. The van der Waals surface area contributed by atoms with Crippen molar-refractivity contribution in [1.82, 2.24) is 5.32 Å². The van der Waals surface area contributed by atoms with E-state index in [4.69, 9.17) is 5.11 Å². The number of aliphatic hydroxyl groups excluding tert-OH is 1. The first-order valence-electron chi connectivity index (χ1n) is 6.70. The van der Waals surface area contributed by atoms with Gasteiger partial charge in [-0.1, -0.05) is 17.9 Å². The topological polar surface area (TPSA) is 49.3 Å². The third-order valence-electron chi connectivity index (χ3n) is 2.78. The monoisotopic (exact) mass is 319 g/mol. The van der Waals surface area contributed by atoms with Crippen LogP contribution in [0, 0.1) is 11.8 Å². The van der Waals surface area contributed by atoms with Crippen molar-refractivity contribution in [3.63, 3.8) is 0 Å². The quantitative estimate of drug-likeness (QED) is 0.833. The van der Waals surface area contributed by atoms with Crippen LogP contribution in [0.1, 0.15) is 33.5 Å². The molecule has 2 heterocycles. The van der Waals surface area contributed by atoms with Gasteiger partial charge in [0.1, 0.15) is 0 Å². The first-order valence-corrected chi connectivity index (χ1v) is 8.46. The van der Waals surface area contributed by atoms with Gasteiger partial charge >= 0.3 is 0 Å². The highest BCUT2D eigenvalue weighted by atomic mass is 32.1. The SMILES string of the molecule is CC(Cc1cccs1)NC(=O)c1csc(C#CCCO)c1. The fourth-order valence-electron chi connectivity index (χ4n) is 1.82. The standard InChI is InChI=1S/C16H17NO2S2/c1-12(9-14-6-4-8-20-14)17-16(19)13-10-15(21-11-13)5-2-3-7-18/h4,6,8,10-12,18H,3,7,9H2,1H3,(H,17,19). The molecule has 0 fully saturated rings. The van der Waals surface area contributed by atoms with Gasteiger partial charge in [-0.25, -0.2) is 0 Å². The highest BCUT2D eigenvalue weighted by molar-refractivity contribution is 7.10. The van der Waals surface area contributed by atoms with E-state index < -0.39 is 0 Å². The summed E-state index contributed by atoms with van der Waals surface area (Å²) in [5.41, 5.74) is 0.645. The van der Waals surface area contributed by atoms with E-state index in [0.29, 0.717) is 12.0 Å². The molecule has 0 spiro atoms. The van der Waals surface area contributed by atoms with Crippen LogP contribution in [-0.2, 0) is 6.42 Å². The van der Waals surface area contributed by atoms with E-state index in [1.165, 1.54) is 16.2 Å². The van der Waals surface area contributed by atoms with Gasteiger partial charge in [0.25, 0.3) is 5.91 Å². The normalized spacial score (nSPS) is 11.5. The predicted octanol–water partition coefficient (Wildman–Crippen LogP) is 2.90. The van der Waals surface area contributed by atoms with Gasteiger partial charge in [0, 0.05) is 29.1 Å². The molecule has 110 valence electrons. The summed E-state index contributed by atoms with van der Waals surface area (Å²) in [5.74, 6) is 5.73. The van der Waals surface area contributed by atoms with E-state index >= 15 is 0 Å². The number of hydrogen-bond acceptors (Lipinski definition) is 4. The average Bonchev–Trinajstić information content (AvgIpc) is 3.10. The number of rotatable bonds is 5. The van der Waals surface area contributed by atoms with Crippen molar-refractivity contribution in [1.29, 1.82) is 0 Å². The molecule has 21 heavy (non-hydrogen) atoms. The lowest BCUT2D eigenvalue weighted by atomic mass is 10.2. The lowest BCUT2D eigenvalue weighted by Crippen LogP contribution is -2.33. The number of hydrogen-bond donors (Lipinski definition) is 2. The van der Waals surface area contributed by atoms with E-state index in [0.717, 1.165) is 11.3 Å². The highest BCUT2D eigenvalue weighted by Gasteiger charge is 2.12. The van der Waals surface area contributed by atoms with E-state index in [1.54, 1.807) is 17.4 Å². The molecule has 0 saturated carbocycles. The van der Waals surface area contributed by atoms with Crippen molar-refractivity contribution in [2.45, 2.75) is 25.8 Å². The molecule has 2 aromatic rings. The lowest BCUT2D eigenvalue weighted by Gasteiger charge is -2.12. The molecule has 0 aliphatic heterocycles. The zero-order valence-electron chi connectivity index (χ0n) is 11.8. The van der Waals surface area contributed by atoms with Crippen LogP contribution in [0.15, 0.2) is 29.0 Å². The van der Waals surface area contributed by atoms with Crippen molar-refractivity contribution < 1.29 is 9.90 Å². The number of carbonyl (C=O) groups excluding carboxylic acids is 1. The van der Waals surface area contributed by atoms with Gasteiger partial charge in [0.15, 0.2) is 0 Å². The molecule has 3 nitrogen and oxygen atoms in total. The molecular weight excluding hydrogens is 302 g/mol. The van der Waals surface area contributed by atoms with Crippen molar-refractivity contribution in [2.75, 3.05) is 6.61 Å². The minimum atomic E-state index is -0.0643. The minimum absolute atomic E-state index is 0.0615. The molecule has 0 aliphatic carbocycles. The lowest BCUT2D eigenvalue weighted by molar-refractivity contribution is 0.0940. The Morgan fingerprint density at radius 3 is 3.05 bits per heavy atom. The van der Waals surface area contributed by atoms with Gasteiger partial charge in [0.2, 0.25) is 0 Å². The Hall–Kier alpha value is -1.61. The molecule has 2 N–H and O–H groups in total. The summed E-state index contributed by atoms with van der Waals surface area (Å²) < 4.78 is 0. The third kappa shape index (κ3) is 5.01. The molecule has 0 saturated heterocycles. The van der Waals surface area contributed by atoms with E-state index in [9.17, 15) is 4.79 Å². The molecule has 0 aromatic carbocycles. The number of amides is 1. The third-order valence-corrected chi connectivity index (χ3v) is 4.52. The second-order valence-corrected chi connectivity index (χ2v) is 6.58. The molecule has 1 amide bonds. The molecule has 1 atom stereocenters. The van der Waals surface area contributed by atoms with Crippen molar-refractivity contribution >= 4 is 28.6 Å². The molecular formula is C16H17NO2S2. The summed E-state index contributed by atoms with van der Waals surface area (Å²) in [6.07, 6.45) is 1.30. The fraction of sp³-hybridized carbons (Fsp3) is 0.312. The molecule has 2 rings (SSSR count). The molecule has 1 unspecified atom stereocenters. The summed E-state index contributed by atoms with van der Waals surface area (Å²) in [5, 5.41) is 15.5. The largest absolute Gasteiger partial charge is 0.395 e. The Morgan fingerprint density at radius 1 is 1.48 bits per heavy atom. The molecule has 0 bridgehead atoms. The summed E-state index contributed by atoms with van der Waals surface area (Å²) in [7, 11) is 0. The highest BCUT2D eigenvalue weighted by Crippen LogP contribution is 2.15. The number of carbonyl (C=O) groups is 1. The van der Waals surface area contributed by atoms with Crippen LogP contribution in [0.2, 0.25) is 0 Å².